The second-order valence-corrected chi connectivity index (χ2v) is 6.81. The Morgan fingerprint density at radius 3 is 2.27 bits per heavy atom. The number of nitrogens with one attached hydrogen (secondary N) is 2. The molecule has 2 N–H and O–H groups in total. The lowest BCUT2D eigenvalue weighted by Crippen LogP contribution is -2.42. The van der Waals surface area contributed by atoms with Gasteiger partial charge in [-0.2, -0.15) is 5.10 Å². The van der Waals surface area contributed by atoms with E-state index >= 15 is 0 Å². The molecule has 0 aliphatic carbocycles. The molecule has 1 heterocycles. The number of amides is 2. The lowest BCUT2D eigenvalue weighted by atomic mass is 10.1. The highest BCUT2D eigenvalue weighted by molar-refractivity contribution is 6.05. The van der Waals surface area contributed by atoms with Gasteiger partial charge in [-0.15, -0.1) is 0 Å². The number of Topliss-reactive ketones (excluding diaryl/α,β-unsaturated/α-hetero) is 1. The van der Waals surface area contributed by atoms with Gasteiger partial charge in [0.05, 0.1) is 5.39 Å². The molecule has 0 spiro atoms. The Morgan fingerprint density at radius 2 is 1.60 bits per heavy atom. The molecule has 2 aromatic carbocycles. The highest BCUT2D eigenvalue weighted by atomic mass is 16.2. The van der Waals surface area contributed by atoms with Crippen LogP contribution in [0.5, 0.6) is 0 Å². The van der Waals surface area contributed by atoms with Crippen molar-refractivity contribution in [2.24, 2.45) is 0 Å². The molecule has 3 rings (SSSR count). The Labute approximate surface area is 172 Å². The molecule has 8 nitrogen and oxygen atoms in total. The van der Waals surface area contributed by atoms with Gasteiger partial charge in [0.15, 0.2) is 11.5 Å². The first kappa shape index (κ1) is 20.9. The number of aromatic nitrogens is 2. The third-order valence-corrected chi connectivity index (χ3v) is 4.65. The number of hydrazine groups is 1. The number of fused-ring (bicyclic) bond motifs is 1. The normalized spacial score (nSPS) is 10.6. The van der Waals surface area contributed by atoms with Crippen molar-refractivity contribution in [2.75, 3.05) is 0 Å². The highest BCUT2D eigenvalue weighted by Crippen LogP contribution is 2.13. The molecule has 0 saturated carbocycles. The van der Waals surface area contributed by atoms with Crippen LogP contribution in [0.3, 0.4) is 0 Å². The van der Waals surface area contributed by atoms with Crippen LogP contribution >= 0.6 is 0 Å². The quantitative estimate of drug-likeness (QED) is 0.481. The van der Waals surface area contributed by atoms with Gasteiger partial charge < -0.3 is 0 Å². The molecule has 1 aromatic heterocycles. The number of benzene rings is 2. The topological polar surface area (TPSA) is 110 Å². The maximum Gasteiger partial charge on any atom is 0.290 e. The monoisotopic (exact) mass is 406 g/mol. The van der Waals surface area contributed by atoms with Crippen LogP contribution in [0.2, 0.25) is 0 Å². The van der Waals surface area contributed by atoms with E-state index in [1.807, 2.05) is 19.1 Å². The standard InChI is InChI=1S/C22H22N4O4/c1-3-26-22(30)17-7-5-4-6-16(17)20(25-26)21(29)24-23-19(28)13-12-18(27)15-10-8-14(2)9-11-15/h4-11H,3,12-13H2,1-2H3,(H,23,28)(H,24,29). The van der Waals surface area contributed by atoms with E-state index in [1.54, 1.807) is 43.3 Å². The molecule has 0 unspecified atom stereocenters. The van der Waals surface area contributed by atoms with Gasteiger partial charge in [-0.1, -0.05) is 48.0 Å². The van der Waals surface area contributed by atoms with Crippen LogP contribution in [0, 0.1) is 6.92 Å². The summed E-state index contributed by atoms with van der Waals surface area (Å²) < 4.78 is 1.19. The summed E-state index contributed by atoms with van der Waals surface area (Å²) in [5.74, 6) is -1.30. The Bertz CT molecular complexity index is 1170. The minimum absolute atomic E-state index is 0.0205. The van der Waals surface area contributed by atoms with Gasteiger partial charge in [0.1, 0.15) is 0 Å². The summed E-state index contributed by atoms with van der Waals surface area (Å²) in [7, 11) is 0. The van der Waals surface area contributed by atoms with E-state index < -0.39 is 11.8 Å². The summed E-state index contributed by atoms with van der Waals surface area (Å²) in [5, 5.41) is 4.87. The summed E-state index contributed by atoms with van der Waals surface area (Å²) >= 11 is 0. The van der Waals surface area contributed by atoms with Crippen LogP contribution in [-0.4, -0.2) is 27.4 Å². The van der Waals surface area contributed by atoms with Crippen molar-refractivity contribution in [1.82, 2.24) is 20.6 Å². The first-order chi connectivity index (χ1) is 14.4. The van der Waals surface area contributed by atoms with Crippen molar-refractivity contribution in [3.05, 3.63) is 75.7 Å². The van der Waals surface area contributed by atoms with E-state index in [0.717, 1.165) is 5.56 Å². The van der Waals surface area contributed by atoms with E-state index in [1.165, 1.54) is 4.68 Å². The van der Waals surface area contributed by atoms with Gasteiger partial charge in [-0.25, -0.2) is 4.68 Å². The molecular weight excluding hydrogens is 384 g/mol. The van der Waals surface area contributed by atoms with Crippen molar-refractivity contribution in [2.45, 2.75) is 33.2 Å². The lowest BCUT2D eigenvalue weighted by Gasteiger charge is -2.11. The summed E-state index contributed by atoms with van der Waals surface area (Å²) in [6, 6.07) is 13.8. The molecule has 0 bridgehead atoms. The summed E-state index contributed by atoms with van der Waals surface area (Å²) in [5.41, 5.74) is 5.92. The van der Waals surface area contributed by atoms with E-state index in [0.29, 0.717) is 22.9 Å². The minimum atomic E-state index is -0.647. The third kappa shape index (κ3) is 4.60. The number of carbonyl (C=O) groups is 3. The van der Waals surface area contributed by atoms with Gasteiger partial charge in [-0.3, -0.25) is 30.0 Å². The zero-order valence-electron chi connectivity index (χ0n) is 16.8. The molecule has 0 aliphatic rings. The van der Waals surface area contributed by atoms with Crippen LogP contribution in [-0.2, 0) is 11.3 Å². The fourth-order valence-electron chi connectivity index (χ4n) is 2.98. The molecule has 30 heavy (non-hydrogen) atoms. The van der Waals surface area contributed by atoms with Crippen molar-refractivity contribution in [1.29, 1.82) is 0 Å². The number of nitrogens with zero attached hydrogens (tertiary/aromatic N) is 2. The minimum Gasteiger partial charge on any atom is -0.294 e. The maximum absolute atomic E-state index is 12.6. The maximum atomic E-state index is 12.6. The molecule has 3 aromatic rings. The van der Waals surface area contributed by atoms with Crippen LogP contribution in [0.1, 0.15) is 46.2 Å². The second-order valence-electron chi connectivity index (χ2n) is 6.81. The molecular formula is C22H22N4O4. The molecule has 0 atom stereocenters. The SMILES string of the molecule is CCn1nc(C(=O)NNC(=O)CCC(=O)c2ccc(C)cc2)c2ccccc2c1=O. The largest absolute Gasteiger partial charge is 0.294 e. The van der Waals surface area contributed by atoms with Crippen molar-refractivity contribution >= 4 is 28.4 Å². The van der Waals surface area contributed by atoms with Gasteiger partial charge in [-0.05, 0) is 19.9 Å². The third-order valence-electron chi connectivity index (χ3n) is 4.65. The Balaban J connectivity index is 1.63. The summed E-state index contributed by atoms with van der Waals surface area (Å²) in [6.45, 7) is 3.98. The van der Waals surface area contributed by atoms with Gasteiger partial charge >= 0.3 is 0 Å². The number of carbonyl (C=O) groups excluding carboxylic acids is 3. The molecule has 2 amide bonds. The number of hydrogen-bond acceptors (Lipinski definition) is 5. The molecule has 0 aliphatic heterocycles. The number of rotatable bonds is 6. The Morgan fingerprint density at radius 1 is 0.933 bits per heavy atom. The van der Waals surface area contributed by atoms with Gasteiger partial charge in [0.25, 0.3) is 11.5 Å². The van der Waals surface area contributed by atoms with Crippen LogP contribution in [0.25, 0.3) is 10.8 Å². The van der Waals surface area contributed by atoms with E-state index in [9.17, 15) is 19.2 Å². The number of ketones is 1. The molecule has 154 valence electrons. The van der Waals surface area contributed by atoms with E-state index in [-0.39, 0.29) is 29.9 Å². The summed E-state index contributed by atoms with van der Waals surface area (Å²) in [6.07, 6.45) is -0.0533. The van der Waals surface area contributed by atoms with Crippen molar-refractivity contribution in [3.8, 4) is 0 Å². The Hall–Kier alpha value is -3.81. The zero-order chi connectivity index (χ0) is 21.7. The van der Waals surface area contributed by atoms with Crippen LogP contribution in [0.15, 0.2) is 53.3 Å². The molecule has 0 fully saturated rings. The fraction of sp³-hybridized carbons (Fsp3) is 0.227. The predicted octanol–water partition coefficient (Wildman–Crippen LogP) is 2.15. The Kier molecular flexibility index (Phi) is 6.36. The van der Waals surface area contributed by atoms with Crippen LogP contribution in [0.4, 0.5) is 0 Å². The van der Waals surface area contributed by atoms with Gasteiger partial charge in [0.2, 0.25) is 5.91 Å². The summed E-state index contributed by atoms with van der Waals surface area (Å²) in [4.78, 5) is 49.1. The molecule has 0 saturated heterocycles. The average molecular weight is 406 g/mol. The smallest absolute Gasteiger partial charge is 0.290 e. The highest BCUT2D eigenvalue weighted by Gasteiger charge is 2.17. The lowest BCUT2D eigenvalue weighted by molar-refractivity contribution is -0.121. The number of hydrogen-bond donors (Lipinski definition) is 2. The zero-order valence-corrected chi connectivity index (χ0v) is 16.8. The first-order valence-corrected chi connectivity index (χ1v) is 9.59. The first-order valence-electron chi connectivity index (χ1n) is 9.59. The van der Waals surface area contributed by atoms with Gasteiger partial charge in [0, 0.05) is 30.3 Å². The number of aryl methyl sites for hydroxylation is 2. The van der Waals surface area contributed by atoms with E-state index in [4.69, 9.17) is 0 Å². The van der Waals surface area contributed by atoms with Crippen LogP contribution < -0.4 is 16.4 Å². The second kappa shape index (κ2) is 9.13. The molecule has 0 radical (unpaired) electrons. The predicted molar refractivity (Wildman–Crippen MR) is 112 cm³/mol. The molecule has 8 heteroatoms. The average Bonchev–Trinajstić information content (AvgIpc) is 2.76. The van der Waals surface area contributed by atoms with Crippen molar-refractivity contribution in [3.63, 3.8) is 0 Å². The fourth-order valence-corrected chi connectivity index (χ4v) is 2.98. The van der Waals surface area contributed by atoms with Crippen molar-refractivity contribution < 1.29 is 14.4 Å². The van der Waals surface area contributed by atoms with E-state index in [2.05, 4.69) is 16.0 Å².